The molecule has 0 amide bonds. The summed E-state index contributed by atoms with van der Waals surface area (Å²) in [6, 6.07) is 9.17. The lowest BCUT2D eigenvalue weighted by atomic mass is 9.64. The molecule has 1 aliphatic rings. The second kappa shape index (κ2) is 12.7. The van der Waals surface area contributed by atoms with Crippen molar-refractivity contribution in [3.8, 4) is 5.75 Å². The lowest BCUT2D eigenvalue weighted by Gasteiger charge is -2.40. The SMILES string of the molecule is C=C(C)C=C1CCC=CC1=NC(=C)Cc1cc(C(C)(C)C(C)(C)C)cc(Cc2cc(C(C)(C)C(C)(C)C)cc(C)c2O)c1C. The highest BCUT2D eigenvalue weighted by Crippen LogP contribution is 2.45. The minimum Gasteiger partial charge on any atom is -0.507 e. The van der Waals surface area contributed by atoms with Gasteiger partial charge < -0.3 is 5.11 Å². The summed E-state index contributed by atoms with van der Waals surface area (Å²) in [6.07, 6.45) is 9.81. The number of allylic oxidation sites excluding steroid dienone is 6. The van der Waals surface area contributed by atoms with Crippen molar-refractivity contribution in [2.45, 2.75) is 127 Å². The molecule has 0 bridgehead atoms. The van der Waals surface area contributed by atoms with Gasteiger partial charge in [0, 0.05) is 18.5 Å². The molecular weight excluding hydrogens is 534 g/mol. The van der Waals surface area contributed by atoms with Crippen LogP contribution in [0.15, 0.2) is 77.5 Å². The molecule has 0 aromatic heterocycles. The number of aromatic hydroxyl groups is 1. The Morgan fingerprint density at radius 3 is 1.89 bits per heavy atom. The molecule has 44 heavy (non-hydrogen) atoms. The summed E-state index contributed by atoms with van der Waals surface area (Å²) in [4.78, 5) is 5.03. The van der Waals surface area contributed by atoms with Crippen LogP contribution < -0.4 is 0 Å². The Kier molecular flexibility index (Phi) is 10.2. The quantitative estimate of drug-likeness (QED) is 0.324. The number of phenolic OH excluding ortho intramolecular Hbond substituents is 1. The molecule has 0 spiro atoms. The first kappa shape index (κ1) is 35.4. The smallest absolute Gasteiger partial charge is 0.122 e. The molecule has 1 aliphatic carbocycles. The lowest BCUT2D eigenvalue weighted by molar-refractivity contribution is 0.225. The third kappa shape index (κ3) is 7.56. The van der Waals surface area contributed by atoms with E-state index < -0.39 is 0 Å². The van der Waals surface area contributed by atoms with Crippen LogP contribution in [0.1, 0.15) is 128 Å². The predicted molar refractivity (Wildman–Crippen MR) is 193 cm³/mol. The Morgan fingerprint density at radius 2 is 1.34 bits per heavy atom. The summed E-state index contributed by atoms with van der Waals surface area (Å²) in [6.45, 7) is 37.9. The highest BCUT2D eigenvalue weighted by molar-refractivity contribution is 6.09. The predicted octanol–water partition coefficient (Wildman–Crippen LogP) is 11.6. The summed E-state index contributed by atoms with van der Waals surface area (Å²) in [5, 5.41) is 11.3. The largest absolute Gasteiger partial charge is 0.507 e. The van der Waals surface area contributed by atoms with E-state index in [1.54, 1.807) is 0 Å². The normalized spacial score (nSPS) is 16.6. The van der Waals surface area contributed by atoms with Gasteiger partial charge in [-0.15, -0.1) is 0 Å². The highest BCUT2D eigenvalue weighted by atomic mass is 16.3. The van der Waals surface area contributed by atoms with E-state index in [1.165, 1.54) is 33.4 Å². The maximum atomic E-state index is 11.3. The fourth-order valence-corrected chi connectivity index (χ4v) is 5.64. The van der Waals surface area contributed by atoms with Gasteiger partial charge in [0.25, 0.3) is 0 Å². The summed E-state index contributed by atoms with van der Waals surface area (Å²) in [5.74, 6) is 0.400. The van der Waals surface area contributed by atoms with Crippen LogP contribution in [0, 0.1) is 24.7 Å². The topological polar surface area (TPSA) is 32.6 Å². The molecule has 1 N–H and O–H groups in total. The summed E-state index contributed by atoms with van der Waals surface area (Å²) in [7, 11) is 0. The Hall–Kier alpha value is -3.13. The first-order chi connectivity index (χ1) is 20.1. The van der Waals surface area contributed by atoms with E-state index in [0.717, 1.165) is 41.0 Å². The van der Waals surface area contributed by atoms with Gasteiger partial charge in [0.1, 0.15) is 5.75 Å². The van der Waals surface area contributed by atoms with E-state index in [4.69, 9.17) is 4.99 Å². The minimum absolute atomic E-state index is 0.0541. The van der Waals surface area contributed by atoms with Gasteiger partial charge in [0.2, 0.25) is 0 Å². The molecule has 2 nitrogen and oxygen atoms in total. The molecular formula is C42H59NO. The average Bonchev–Trinajstić information content (AvgIpc) is 2.88. The summed E-state index contributed by atoms with van der Waals surface area (Å²) >= 11 is 0. The first-order valence-corrected chi connectivity index (χ1v) is 16.3. The van der Waals surface area contributed by atoms with Crippen molar-refractivity contribution < 1.29 is 5.11 Å². The number of nitrogens with zero attached hydrogens (tertiary/aromatic N) is 1. The molecule has 2 heteroatoms. The molecule has 0 saturated carbocycles. The van der Waals surface area contributed by atoms with Gasteiger partial charge in [-0.2, -0.15) is 0 Å². The highest BCUT2D eigenvalue weighted by Gasteiger charge is 2.36. The van der Waals surface area contributed by atoms with E-state index in [1.807, 2.05) is 13.8 Å². The van der Waals surface area contributed by atoms with E-state index in [9.17, 15) is 5.11 Å². The lowest BCUT2D eigenvalue weighted by Crippen LogP contribution is -2.34. The minimum atomic E-state index is -0.0744. The van der Waals surface area contributed by atoms with Gasteiger partial charge in [-0.05, 0) is 106 Å². The number of phenols is 1. The van der Waals surface area contributed by atoms with Crippen molar-refractivity contribution in [2.75, 3.05) is 0 Å². The molecule has 0 heterocycles. The molecule has 238 valence electrons. The average molecular weight is 594 g/mol. The van der Waals surface area contributed by atoms with Gasteiger partial charge in [0.15, 0.2) is 0 Å². The van der Waals surface area contributed by atoms with Crippen molar-refractivity contribution in [3.63, 3.8) is 0 Å². The maximum Gasteiger partial charge on any atom is 0.122 e. The van der Waals surface area contributed by atoms with Crippen LogP contribution in [0.3, 0.4) is 0 Å². The molecule has 2 aromatic carbocycles. The van der Waals surface area contributed by atoms with E-state index in [-0.39, 0.29) is 21.7 Å². The summed E-state index contributed by atoms with van der Waals surface area (Å²) < 4.78 is 0. The van der Waals surface area contributed by atoms with Gasteiger partial charge in [-0.25, -0.2) is 0 Å². The number of benzene rings is 2. The molecule has 0 fully saturated rings. The zero-order chi connectivity index (χ0) is 33.4. The zero-order valence-corrected chi connectivity index (χ0v) is 30.2. The van der Waals surface area contributed by atoms with Crippen LogP contribution in [-0.2, 0) is 23.7 Å². The number of hydrogen-bond acceptors (Lipinski definition) is 2. The van der Waals surface area contributed by atoms with E-state index in [0.29, 0.717) is 18.6 Å². The Balaban J connectivity index is 2.16. The van der Waals surface area contributed by atoms with Gasteiger partial charge in [0.05, 0.1) is 5.71 Å². The third-order valence-electron chi connectivity index (χ3n) is 10.9. The molecule has 0 saturated heterocycles. The van der Waals surface area contributed by atoms with Crippen molar-refractivity contribution in [1.29, 1.82) is 0 Å². The fraction of sp³-hybridized carbons (Fsp3) is 0.500. The Bertz CT molecular complexity index is 1520. The van der Waals surface area contributed by atoms with Crippen LogP contribution in [-0.4, -0.2) is 10.8 Å². The first-order valence-electron chi connectivity index (χ1n) is 16.3. The standard InChI is InChI=1S/C42H59NO/c1-27(2)20-31-18-16-17-19-37(31)43-29(4)22-32-24-36(42(14,15)40(9,10)11)25-33(30(32)5)23-34-26-35(21-28(3)38(34)44)41(12,13)39(6,7)8/h17,19-21,24-26,44H,1,4,16,18,22-23H2,2-3,5-15H3. The monoisotopic (exact) mass is 593 g/mol. The van der Waals surface area contributed by atoms with Crippen molar-refractivity contribution >= 4 is 5.71 Å². The van der Waals surface area contributed by atoms with Crippen LogP contribution in [0.2, 0.25) is 0 Å². The number of aryl methyl sites for hydroxylation is 1. The van der Waals surface area contributed by atoms with Crippen molar-refractivity contribution in [1.82, 2.24) is 0 Å². The number of rotatable bonds is 8. The van der Waals surface area contributed by atoms with Gasteiger partial charge in [-0.1, -0.05) is 124 Å². The molecule has 0 atom stereocenters. The zero-order valence-electron chi connectivity index (χ0n) is 30.2. The second-order valence-corrected chi connectivity index (χ2v) is 16.3. The Labute approximate surface area is 269 Å². The number of aliphatic imine (C=N–C) groups is 1. The van der Waals surface area contributed by atoms with Crippen LogP contribution in [0.4, 0.5) is 0 Å². The van der Waals surface area contributed by atoms with Crippen LogP contribution in [0.5, 0.6) is 5.75 Å². The molecule has 0 unspecified atom stereocenters. The van der Waals surface area contributed by atoms with E-state index in [2.05, 4.69) is 132 Å². The Morgan fingerprint density at radius 1 is 0.818 bits per heavy atom. The van der Waals surface area contributed by atoms with Gasteiger partial charge in [-0.3, -0.25) is 4.99 Å². The maximum absolute atomic E-state index is 11.3. The van der Waals surface area contributed by atoms with Crippen LogP contribution in [0.25, 0.3) is 0 Å². The van der Waals surface area contributed by atoms with Gasteiger partial charge >= 0.3 is 0 Å². The molecule has 3 rings (SSSR count). The second-order valence-electron chi connectivity index (χ2n) is 16.3. The van der Waals surface area contributed by atoms with Crippen molar-refractivity contribution in [3.05, 3.63) is 111 Å². The molecule has 0 radical (unpaired) electrons. The fourth-order valence-electron chi connectivity index (χ4n) is 5.64. The van der Waals surface area contributed by atoms with E-state index >= 15 is 0 Å². The molecule has 2 aromatic rings. The third-order valence-corrected chi connectivity index (χ3v) is 10.9. The number of hydrogen-bond donors (Lipinski definition) is 1. The molecule has 0 aliphatic heterocycles. The summed E-state index contributed by atoms with van der Waals surface area (Å²) in [5.41, 5.74) is 12.3. The van der Waals surface area contributed by atoms with Crippen molar-refractivity contribution in [2.24, 2.45) is 15.8 Å². The van der Waals surface area contributed by atoms with Crippen LogP contribution >= 0.6 is 0 Å².